The average molecular weight is 329 g/mol. The maximum Gasteiger partial charge on any atom is 0.272 e. The lowest BCUT2D eigenvalue weighted by atomic mass is 9.93. The zero-order chi connectivity index (χ0) is 17.6. The summed E-state index contributed by atoms with van der Waals surface area (Å²) in [4.78, 5) is 39.4. The molecule has 0 spiro atoms. The summed E-state index contributed by atoms with van der Waals surface area (Å²) in [5, 5.41) is 18.7. The van der Waals surface area contributed by atoms with E-state index in [1.807, 2.05) is 6.92 Å². The second-order valence-electron chi connectivity index (χ2n) is 6.09. The summed E-state index contributed by atoms with van der Waals surface area (Å²) in [5.41, 5.74) is 1.38. The SMILES string of the molecule is CCCCC(C(=O)N1CCC[C@H]1C(=O)N(C)C)C(O)C(=O)NO. The van der Waals surface area contributed by atoms with Gasteiger partial charge in [-0.2, -0.15) is 0 Å². The van der Waals surface area contributed by atoms with E-state index in [2.05, 4.69) is 0 Å². The van der Waals surface area contributed by atoms with Crippen LogP contribution < -0.4 is 5.48 Å². The van der Waals surface area contributed by atoms with Gasteiger partial charge in [0.2, 0.25) is 11.8 Å². The summed E-state index contributed by atoms with van der Waals surface area (Å²) < 4.78 is 0. The summed E-state index contributed by atoms with van der Waals surface area (Å²) in [5.74, 6) is -2.54. The maximum absolute atomic E-state index is 12.8. The molecule has 1 heterocycles. The molecule has 8 nitrogen and oxygen atoms in total. The number of carbonyl (C=O) groups is 3. The van der Waals surface area contributed by atoms with Crippen molar-refractivity contribution < 1.29 is 24.7 Å². The van der Waals surface area contributed by atoms with E-state index in [0.717, 1.165) is 6.42 Å². The van der Waals surface area contributed by atoms with E-state index in [1.165, 1.54) is 15.3 Å². The van der Waals surface area contributed by atoms with Crippen LogP contribution in [-0.4, -0.2) is 70.6 Å². The van der Waals surface area contributed by atoms with E-state index in [0.29, 0.717) is 32.2 Å². The van der Waals surface area contributed by atoms with Crippen LogP contribution in [0, 0.1) is 5.92 Å². The molecule has 1 aliphatic heterocycles. The maximum atomic E-state index is 12.8. The number of hydrogen-bond donors (Lipinski definition) is 3. The van der Waals surface area contributed by atoms with Gasteiger partial charge in [0.1, 0.15) is 12.1 Å². The van der Waals surface area contributed by atoms with Crippen LogP contribution in [-0.2, 0) is 14.4 Å². The van der Waals surface area contributed by atoms with Gasteiger partial charge in [-0.05, 0) is 19.3 Å². The van der Waals surface area contributed by atoms with E-state index in [9.17, 15) is 19.5 Å². The lowest BCUT2D eigenvalue weighted by Gasteiger charge is -2.31. The van der Waals surface area contributed by atoms with Crippen molar-refractivity contribution in [3.05, 3.63) is 0 Å². The molecule has 1 saturated heterocycles. The molecule has 8 heteroatoms. The number of likely N-dealkylation sites (tertiary alicyclic amines) is 1. The van der Waals surface area contributed by atoms with E-state index in [-0.39, 0.29) is 5.91 Å². The van der Waals surface area contributed by atoms with Crippen molar-refractivity contribution in [2.75, 3.05) is 20.6 Å². The zero-order valence-electron chi connectivity index (χ0n) is 14.0. The number of hydrogen-bond acceptors (Lipinski definition) is 5. The van der Waals surface area contributed by atoms with Crippen molar-refractivity contribution in [2.45, 2.75) is 51.2 Å². The van der Waals surface area contributed by atoms with Crippen molar-refractivity contribution in [3.63, 3.8) is 0 Å². The van der Waals surface area contributed by atoms with Gasteiger partial charge in [-0.15, -0.1) is 0 Å². The third-order valence-corrected chi connectivity index (χ3v) is 4.21. The molecule has 0 radical (unpaired) electrons. The molecule has 2 unspecified atom stereocenters. The monoisotopic (exact) mass is 329 g/mol. The number of rotatable bonds is 7. The quantitative estimate of drug-likeness (QED) is 0.440. The Balaban J connectivity index is 2.94. The van der Waals surface area contributed by atoms with Crippen molar-refractivity contribution in [1.29, 1.82) is 0 Å². The summed E-state index contributed by atoms with van der Waals surface area (Å²) in [7, 11) is 3.26. The number of likely N-dealkylation sites (N-methyl/N-ethyl adjacent to an activating group) is 1. The number of unbranched alkanes of at least 4 members (excludes halogenated alkanes) is 1. The highest BCUT2D eigenvalue weighted by Crippen LogP contribution is 2.25. The fourth-order valence-corrected chi connectivity index (χ4v) is 2.89. The van der Waals surface area contributed by atoms with Crippen molar-refractivity contribution in [3.8, 4) is 0 Å². The molecule has 0 bridgehead atoms. The van der Waals surface area contributed by atoms with Crippen molar-refractivity contribution in [2.24, 2.45) is 5.92 Å². The Kier molecular flexibility index (Phi) is 7.44. The zero-order valence-corrected chi connectivity index (χ0v) is 14.0. The Morgan fingerprint density at radius 1 is 1.35 bits per heavy atom. The molecule has 0 aromatic carbocycles. The molecule has 0 aliphatic carbocycles. The number of aliphatic hydroxyl groups excluding tert-OH is 1. The van der Waals surface area contributed by atoms with Gasteiger partial charge in [0, 0.05) is 20.6 Å². The van der Waals surface area contributed by atoms with Crippen molar-refractivity contribution in [1.82, 2.24) is 15.3 Å². The van der Waals surface area contributed by atoms with Crippen LogP contribution in [0.1, 0.15) is 39.0 Å². The fourth-order valence-electron chi connectivity index (χ4n) is 2.89. The van der Waals surface area contributed by atoms with Gasteiger partial charge in [-0.1, -0.05) is 19.8 Å². The van der Waals surface area contributed by atoms with Gasteiger partial charge in [-0.3, -0.25) is 19.6 Å². The first-order valence-electron chi connectivity index (χ1n) is 7.98. The normalized spacial score (nSPS) is 20.0. The van der Waals surface area contributed by atoms with E-state index < -0.39 is 29.9 Å². The Morgan fingerprint density at radius 3 is 2.52 bits per heavy atom. The highest BCUT2D eigenvalue weighted by molar-refractivity contribution is 5.92. The molecule has 1 aliphatic rings. The van der Waals surface area contributed by atoms with Crippen LogP contribution in [0.15, 0.2) is 0 Å². The number of amides is 3. The summed E-state index contributed by atoms with van der Waals surface area (Å²) in [6.45, 7) is 2.37. The molecule has 23 heavy (non-hydrogen) atoms. The van der Waals surface area contributed by atoms with E-state index in [1.54, 1.807) is 14.1 Å². The number of aliphatic hydroxyl groups is 1. The number of nitrogens with zero attached hydrogens (tertiary/aromatic N) is 2. The Labute approximate surface area is 136 Å². The minimum atomic E-state index is -1.63. The van der Waals surface area contributed by atoms with Gasteiger partial charge in [0.15, 0.2) is 0 Å². The average Bonchev–Trinajstić information content (AvgIpc) is 3.02. The summed E-state index contributed by atoms with van der Waals surface area (Å²) in [6, 6.07) is -0.550. The van der Waals surface area contributed by atoms with Gasteiger partial charge in [0.05, 0.1) is 5.92 Å². The lowest BCUT2D eigenvalue weighted by molar-refractivity contribution is -0.153. The number of hydroxylamine groups is 1. The minimum Gasteiger partial charge on any atom is -0.382 e. The predicted octanol–water partition coefficient (Wildman–Crippen LogP) is -0.262. The van der Waals surface area contributed by atoms with Crippen LogP contribution in [0.4, 0.5) is 0 Å². The highest BCUT2D eigenvalue weighted by Gasteiger charge is 2.41. The van der Waals surface area contributed by atoms with E-state index >= 15 is 0 Å². The van der Waals surface area contributed by atoms with Crippen LogP contribution >= 0.6 is 0 Å². The molecule has 3 amide bonds. The van der Waals surface area contributed by atoms with Crippen LogP contribution in [0.3, 0.4) is 0 Å². The van der Waals surface area contributed by atoms with Gasteiger partial charge in [0.25, 0.3) is 5.91 Å². The van der Waals surface area contributed by atoms with Gasteiger partial charge < -0.3 is 14.9 Å². The minimum absolute atomic E-state index is 0.161. The first-order chi connectivity index (χ1) is 10.8. The largest absolute Gasteiger partial charge is 0.382 e. The first-order valence-corrected chi connectivity index (χ1v) is 7.98. The smallest absolute Gasteiger partial charge is 0.272 e. The summed E-state index contributed by atoms with van der Waals surface area (Å²) in [6.07, 6.45) is 1.44. The molecule has 1 rings (SSSR count). The molecule has 0 saturated carbocycles. The third kappa shape index (κ3) is 4.65. The Morgan fingerprint density at radius 2 is 2.00 bits per heavy atom. The molecule has 0 aromatic heterocycles. The van der Waals surface area contributed by atoms with Gasteiger partial charge in [-0.25, -0.2) is 5.48 Å². The molecular formula is C15H27N3O5. The molecule has 3 N–H and O–H groups in total. The summed E-state index contributed by atoms with van der Waals surface area (Å²) >= 11 is 0. The van der Waals surface area contributed by atoms with Crippen molar-refractivity contribution >= 4 is 17.7 Å². The molecular weight excluding hydrogens is 302 g/mol. The second kappa shape index (κ2) is 8.83. The fraction of sp³-hybridized carbons (Fsp3) is 0.800. The number of nitrogens with one attached hydrogen (secondary N) is 1. The predicted molar refractivity (Wildman–Crippen MR) is 82.4 cm³/mol. The topological polar surface area (TPSA) is 110 Å². The molecule has 0 aromatic rings. The van der Waals surface area contributed by atoms with E-state index in [4.69, 9.17) is 5.21 Å². The molecule has 1 fully saturated rings. The van der Waals surface area contributed by atoms with Crippen LogP contribution in [0.2, 0.25) is 0 Å². The highest BCUT2D eigenvalue weighted by atomic mass is 16.5. The van der Waals surface area contributed by atoms with Gasteiger partial charge >= 0.3 is 0 Å². The number of carbonyl (C=O) groups excluding carboxylic acids is 3. The lowest BCUT2D eigenvalue weighted by Crippen LogP contribution is -2.51. The standard InChI is InChI=1S/C15H27N3O5/c1-4-5-7-10(12(19)13(20)16-23)14(21)18-9-6-8-11(18)15(22)17(2)3/h10-12,19,23H,4-9H2,1-3H3,(H,16,20)/t10?,11-,12?/m0/s1. The Hall–Kier alpha value is -1.67. The van der Waals surface area contributed by atoms with Crippen LogP contribution in [0.5, 0.6) is 0 Å². The molecule has 132 valence electrons. The third-order valence-electron chi connectivity index (χ3n) is 4.21. The van der Waals surface area contributed by atoms with Crippen LogP contribution in [0.25, 0.3) is 0 Å². The Bertz CT molecular complexity index is 441. The first kappa shape index (κ1) is 19.4. The second-order valence-corrected chi connectivity index (χ2v) is 6.09. The molecule has 3 atom stereocenters.